The molecule has 8 nitrogen and oxygen atoms in total. The molecule has 2 aromatic heterocycles. The molecule has 31 heavy (non-hydrogen) atoms. The predicted octanol–water partition coefficient (Wildman–Crippen LogP) is 3.12. The summed E-state index contributed by atoms with van der Waals surface area (Å²) >= 11 is 0. The molecule has 1 N–H and O–H groups in total. The number of anilines is 1. The lowest BCUT2D eigenvalue weighted by Gasteiger charge is -2.15. The first-order chi connectivity index (χ1) is 14.8. The molecular weight excluding hydrogens is 394 g/mol. The molecule has 1 aliphatic rings. The summed E-state index contributed by atoms with van der Waals surface area (Å²) in [4.78, 5) is 43.0. The topological polar surface area (TPSA) is 105 Å². The Hall–Kier alpha value is -3.94. The van der Waals surface area contributed by atoms with E-state index in [9.17, 15) is 14.4 Å². The maximum Gasteiger partial charge on any atom is 0.261 e. The summed E-state index contributed by atoms with van der Waals surface area (Å²) in [5.41, 5.74) is 4.43. The molecule has 3 heterocycles. The van der Waals surface area contributed by atoms with Gasteiger partial charge in [0.1, 0.15) is 0 Å². The van der Waals surface area contributed by atoms with Crippen molar-refractivity contribution in [1.82, 2.24) is 20.1 Å². The molecule has 0 saturated heterocycles. The van der Waals surface area contributed by atoms with Crippen molar-refractivity contribution >= 4 is 23.5 Å². The number of nitrogens with zero attached hydrogens (tertiary/aromatic N) is 4. The van der Waals surface area contributed by atoms with E-state index in [2.05, 4.69) is 20.5 Å². The molecule has 4 rings (SSSR count). The zero-order valence-electron chi connectivity index (χ0n) is 17.6. The Morgan fingerprint density at radius 2 is 1.77 bits per heavy atom. The van der Waals surface area contributed by atoms with Crippen LogP contribution in [0.25, 0.3) is 11.3 Å². The second-order valence-electron chi connectivity index (χ2n) is 7.71. The van der Waals surface area contributed by atoms with Gasteiger partial charge in [-0.05, 0) is 61.7 Å². The molecule has 3 aromatic rings. The molecule has 0 spiro atoms. The first-order valence-corrected chi connectivity index (χ1v) is 9.80. The quantitative estimate of drug-likeness (QED) is 0.657. The summed E-state index contributed by atoms with van der Waals surface area (Å²) < 4.78 is 0. The van der Waals surface area contributed by atoms with Gasteiger partial charge in [0, 0.05) is 25.0 Å². The van der Waals surface area contributed by atoms with Crippen molar-refractivity contribution in [2.24, 2.45) is 0 Å². The van der Waals surface area contributed by atoms with E-state index in [1.165, 1.54) is 7.05 Å². The first-order valence-electron chi connectivity index (χ1n) is 9.80. The minimum Gasteiger partial charge on any atom is -0.309 e. The van der Waals surface area contributed by atoms with Crippen LogP contribution in [0.2, 0.25) is 0 Å². The average Bonchev–Trinajstić information content (AvgIpc) is 2.97. The van der Waals surface area contributed by atoms with E-state index in [0.717, 1.165) is 21.6 Å². The molecule has 0 aliphatic carbocycles. The largest absolute Gasteiger partial charge is 0.309 e. The lowest BCUT2D eigenvalue weighted by Crippen LogP contribution is -2.25. The van der Waals surface area contributed by atoms with Crippen LogP contribution in [0.4, 0.5) is 5.82 Å². The lowest BCUT2D eigenvalue weighted by atomic mass is 9.90. The third-order valence-electron chi connectivity index (χ3n) is 5.31. The summed E-state index contributed by atoms with van der Waals surface area (Å²) in [5, 5.41) is 11.0. The molecule has 0 fully saturated rings. The Bertz CT molecular complexity index is 1220. The van der Waals surface area contributed by atoms with Crippen molar-refractivity contribution in [3.05, 3.63) is 70.5 Å². The third-order valence-corrected chi connectivity index (χ3v) is 5.31. The van der Waals surface area contributed by atoms with Crippen LogP contribution in [0, 0.1) is 13.8 Å². The number of benzene rings is 1. The summed E-state index contributed by atoms with van der Waals surface area (Å²) in [7, 11) is 1.44. The second kappa shape index (κ2) is 7.71. The Kier molecular flexibility index (Phi) is 5.06. The van der Waals surface area contributed by atoms with E-state index in [-0.39, 0.29) is 17.4 Å². The molecule has 0 unspecified atom stereocenters. The number of carbonyl (C=O) groups excluding carboxylic acids is 3. The molecule has 3 amide bonds. The molecular formula is C23H21N5O3. The molecule has 1 atom stereocenters. The van der Waals surface area contributed by atoms with Crippen molar-refractivity contribution in [2.45, 2.75) is 26.7 Å². The number of fused-ring (bicyclic) bond motifs is 1. The van der Waals surface area contributed by atoms with Gasteiger partial charge in [-0.3, -0.25) is 24.3 Å². The number of aryl methyl sites for hydroxylation is 2. The van der Waals surface area contributed by atoms with Crippen LogP contribution >= 0.6 is 0 Å². The summed E-state index contributed by atoms with van der Waals surface area (Å²) in [6, 6.07) is 8.82. The molecule has 0 saturated carbocycles. The van der Waals surface area contributed by atoms with Gasteiger partial charge in [-0.15, -0.1) is 10.2 Å². The fourth-order valence-electron chi connectivity index (χ4n) is 3.63. The fourth-order valence-corrected chi connectivity index (χ4v) is 3.63. The van der Waals surface area contributed by atoms with Crippen LogP contribution in [0.3, 0.4) is 0 Å². The average molecular weight is 415 g/mol. The van der Waals surface area contributed by atoms with Crippen molar-refractivity contribution in [3.63, 3.8) is 0 Å². The van der Waals surface area contributed by atoms with Crippen molar-refractivity contribution in [1.29, 1.82) is 0 Å². The molecule has 0 bridgehead atoms. The van der Waals surface area contributed by atoms with Gasteiger partial charge in [0.25, 0.3) is 11.8 Å². The normalized spacial score (nSPS) is 13.9. The van der Waals surface area contributed by atoms with Crippen LogP contribution < -0.4 is 5.32 Å². The van der Waals surface area contributed by atoms with Gasteiger partial charge in [0.15, 0.2) is 5.82 Å². The molecule has 1 aliphatic heterocycles. The van der Waals surface area contributed by atoms with Crippen molar-refractivity contribution in [2.75, 3.05) is 12.4 Å². The van der Waals surface area contributed by atoms with E-state index in [1.54, 1.807) is 43.6 Å². The van der Waals surface area contributed by atoms with Gasteiger partial charge >= 0.3 is 0 Å². The zero-order chi connectivity index (χ0) is 22.3. The standard InChI is InChI=1S/C23H21N5O3/c1-12-8-16(20-17(9-12)22(30)28(4)23(20)31)14(3)21(29)25-19-6-5-18(26-27-19)15-7-13(2)10-24-11-15/h5-11,14H,1-4H3,(H,25,27,29)/t14-/m0/s1. The van der Waals surface area contributed by atoms with Crippen molar-refractivity contribution in [3.8, 4) is 11.3 Å². The fraction of sp³-hybridized carbons (Fsp3) is 0.217. The van der Waals surface area contributed by atoms with E-state index in [0.29, 0.717) is 22.6 Å². The third kappa shape index (κ3) is 3.68. The van der Waals surface area contributed by atoms with Crippen LogP contribution in [-0.4, -0.2) is 44.9 Å². The number of rotatable bonds is 4. The monoisotopic (exact) mass is 415 g/mol. The van der Waals surface area contributed by atoms with Gasteiger partial charge in [-0.1, -0.05) is 6.07 Å². The smallest absolute Gasteiger partial charge is 0.261 e. The number of nitrogens with one attached hydrogen (secondary N) is 1. The molecule has 0 radical (unpaired) electrons. The first kappa shape index (κ1) is 20.3. The minimum absolute atomic E-state index is 0.286. The van der Waals surface area contributed by atoms with Crippen LogP contribution in [0.1, 0.15) is 50.2 Å². The zero-order valence-corrected chi connectivity index (χ0v) is 17.6. The van der Waals surface area contributed by atoms with Gasteiger partial charge in [-0.2, -0.15) is 0 Å². The van der Waals surface area contributed by atoms with Crippen molar-refractivity contribution < 1.29 is 14.4 Å². The number of carbonyl (C=O) groups is 3. The van der Waals surface area contributed by atoms with Crippen LogP contribution in [0.15, 0.2) is 42.7 Å². The Labute approximate surface area is 179 Å². The van der Waals surface area contributed by atoms with E-state index in [4.69, 9.17) is 0 Å². The maximum atomic E-state index is 12.9. The Morgan fingerprint density at radius 3 is 2.45 bits per heavy atom. The highest BCUT2D eigenvalue weighted by atomic mass is 16.2. The highest BCUT2D eigenvalue weighted by molar-refractivity contribution is 6.22. The van der Waals surface area contributed by atoms with Crippen LogP contribution in [-0.2, 0) is 4.79 Å². The Balaban J connectivity index is 1.57. The van der Waals surface area contributed by atoms with E-state index >= 15 is 0 Å². The SMILES string of the molecule is Cc1cncc(-c2ccc(NC(=O)[C@@H](C)c3cc(C)cc4c3C(=O)N(C)C4=O)nn2)c1. The summed E-state index contributed by atoms with van der Waals surface area (Å²) in [6.45, 7) is 5.47. The van der Waals surface area contributed by atoms with E-state index < -0.39 is 11.8 Å². The number of pyridine rings is 1. The maximum absolute atomic E-state index is 12.9. The highest BCUT2D eigenvalue weighted by Crippen LogP contribution is 2.31. The van der Waals surface area contributed by atoms with Gasteiger partial charge in [0.05, 0.1) is 22.7 Å². The second-order valence-corrected chi connectivity index (χ2v) is 7.71. The molecule has 156 valence electrons. The predicted molar refractivity (Wildman–Crippen MR) is 115 cm³/mol. The Morgan fingerprint density at radius 1 is 1.00 bits per heavy atom. The van der Waals surface area contributed by atoms with E-state index in [1.807, 2.05) is 19.9 Å². The molecule has 8 heteroatoms. The van der Waals surface area contributed by atoms with Crippen LogP contribution in [0.5, 0.6) is 0 Å². The number of hydrogen-bond acceptors (Lipinski definition) is 6. The number of amides is 3. The van der Waals surface area contributed by atoms with Gasteiger partial charge < -0.3 is 5.32 Å². The number of imide groups is 1. The van der Waals surface area contributed by atoms with Gasteiger partial charge in [-0.25, -0.2) is 0 Å². The number of hydrogen-bond donors (Lipinski definition) is 1. The van der Waals surface area contributed by atoms with Gasteiger partial charge in [0.2, 0.25) is 5.91 Å². The summed E-state index contributed by atoms with van der Waals surface area (Å²) in [6.07, 6.45) is 3.45. The highest BCUT2D eigenvalue weighted by Gasteiger charge is 2.37. The minimum atomic E-state index is -0.667. The molecule has 1 aromatic carbocycles. The lowest BCUT2D eigenvalue weighted by molar-refractivity contribution is -0.117. The number of aromatic nitrogens is 3. The summed E-state index contributed by atoms with van der Waals surface area (Å²) in [5.74, 6) is -1.47.